The van der Waals surface area contributed by atoms with Gasteiger partial charge in [-0.1, -0.05) is 24.3 Å². The minimum absolute atomic E-state index is 0.0413. The second-order valence-corrected chi connectivity index (χ2v) is 7.44. The first kappa shape index (κ1) is 21.9. The Morgan fingerprint density at radius 2 is 2.03 bits per heavy atom. The molecular formula is C23H32N4O3. The van der Waals surface area contributed by atoms with Gasteiger partial charge in [0.05, 0.1) is 19.4 Å². The highest BCUT2D eigenvalue weighted by molar-refractivity contribution is 5.92. The maximum atomic E-state index is 12.1. The van der Waals surface area contributed by atoms with Crippen LogP contribution in [0.3, 0.4) is 0 Å². The zero-order valence-corrected chi connectivity index (χ0v) is 18.1. The Hall–Kier alpha value is -2.80. The summed E-state index contributed by atoms with van der Waals surface area (Å²) >= 11 is 0. The molecule has 7 nitrogen and oxygen atoms in total. The summed E-state index contributed by atoms with van der Waals surface area (Å²) in [5.41, 5.74) is 3.32. The van der Waals surface area contributed by atoms with E-state index in [2.05, 4.69) is 53.6 Å². The van der Waals surface area contributed by atoms with Gasteiger partial charge in [-0.2, -0.15) is 0 Å². The summed E-state index contributed by atoms with van der Waals surface area (Å²) < 4.78 is 11.3. The molecule has 30 heavy (non-hydrogen) atoms. The highest BCUT2D eigenvalue weighted by atomic mass is 16.5. The molecule has 1 fully saturated rings. The zero-order valence-electron chi connectivity index (χ0n) is 18.1. The van der Waals surface area contributed by atoms with Crippen molar-refractivity contribution in [3.8, 4) is 0 Å². The van der Waals surface area contributed by atoms with Crippen LogP contribution in [0.4, 0.5) is 0 Å². The highest BCUT2D eigenvalue weighted by Crippen LogP contribution is 2.25. The maximum Gasteiger partial charge on any atom is 0.287 e. The van der Waals surface area contributed by atoms with Crippen LogP contribution >= 0.6 is 0 Å². The number of hydrogen-bond acceptors (Lipinski definition) is 4. The maximum absolute atomic E-state index is 12.1. The lowest BCUT2D eigenvalue weighted by Crippen LogP contribution is -2.48. The van der Waals surface area contributed by atoms with Gasteiger partial charge in [-0.25, -0.2) is 0 Å². The number of nitrogens with one attached hydrogen (secondary N) is 2. The van der Waals surface area contributed by atoms with Crippen molar-refractivity contribution in [2.75, 3.05) is 39.3 Å². The highest BCUT2D eigenvalue weighted by Gasteiger charge is 2.25. The van der Waals surface area contributed by atoms with E-state index in [1.165, 1.54) is 17.4 Å². The number of aryl methyl sites for hydroxylation is 2. The van der Waals surface area contributed by atoms with E-state index in [0.717, 1.165) is 37.6 Å². The van der Waals surface area contributed by atoms with Crippen molar-refractivity contribution in [1.29, 1.82) is 0 Å². The third-order valence-corrected chi connectivity index (χ3v) is 5.19. The van der Waals surface area contributed by atoms with Gasteiger partial charge in [0.15, 0.2) is 11.7 Å². The predicted octanol–water partition coefficient (Wildman–Crippen LogP) is 3.06. The van der Waals surface area contributed by atoms with E-state index >= 15 is 0 Å². The van der Waals surface area contributed by atoms with Crippen LogP contribution < -0.4 is 10.6 Å². The molecule has 2 N–H and O–H groups in total. The van der Waals surface area contributed by atoms with Crippen LogP contribution in [0.15, 0.2) is 46.0 Å². The SMILES string of the molecule is CCNC(=NCCCNC(=O)c1occc1C)N1CCOC(c2ccccc2C)C1. The fourth-order valence-electron chi connectivity index (χ4n) is 3.56. The Morgan fingerprint density at radius 1 is 1.20 bits per heavy atom. The lowest BCUT2D eigenvalue weighted by atomic mass is 10.0. The molecule has 1 aromatic carbocycles. The number of hydrogen-bond donors (Lipinski definition) is 2. The van der Waals surface area contributed by atoms with Crippen LogP contribution in [0.25, 0.3) is 0 Å². The molecule has 0 saturated carbocycles. The number of guanidine groups is 1. The summed E-state index contributed by atoms with van der Waals surface area (Å²) in [6, 6.07) is 10.2. The van der Waals surface area contributed by atoms with Gasteiger partial charge in [0.25, 0.3) is 5.91 Å². The number of amides is 1. The average molecular weight is 413 g/mol. The van der Waals surface area contributed by atoms with Crippen LogP contribution in [-0.2, 0) is 4.74 Å². The second-order valence-electron chi connectivity index (χ2n) is 7.44. The van der Waals surface area contributed by atoms with E-state index in [1.54, 1.807) is 6.07 Å². The lowest BCUT2D eigenvalue weighted by Gasteiger charge is -2.35. The van der Waals surface area contributed by atoms with E-state index < -0.39 is 0 Å². The number of carbonyl (C=O) groups excluding carboxylic acids is 1. The molecule has 3 rings (SSSR count). The van der Waals surface area contributed by atoms with Gasteiger partial charge in [-0.15, -0.1) is 0 Å². The number of aliphatic imine (C=N–C) groups is 1. The van der Waals surface area contributed by atoms with E-state index in [-0.39, 0.29) is 12.0 Å². The topological polar surface area (TPSA) is 79.1 Å². The van der Waals surface area contributed by atoms with E-state index in [1.807, 2.05) is 6.92 Å². The van der Waals surface area contributed by atoms with Crippen LogP contribution in [-0.4, -0.2) is 56.1 Å². The molecule has 1 aliphatic rings. The molecule has 1 unspecified atom stereocenters. The number of furan rings is 1. The Kier molecular flexibility index (Phi) is 7.90. The van der Waals surface area contributed by atoms with Gasteiger partial charge >= 0.3 is 0 Å². The molecule has 1 aromatic heterocycles. The van der Waals surface area contributed by atoms with Crippen molar-refractivity contribution >= 4 is 11.9 Å². The molecule has 0 bridgehead atoms. The van der Waals surface area contributed by atoms with Crippen LogP contribution in [0.2, 0.25) is 0 Å². The van der Waals surface area contributed by atoms with Crippen molar-refractivity contribution in [3.63, 3.8) is 0 Å². The molecule has 162 valence electrons. The Bertz CT molecular complexity index is 862. The standard InChI is InChI=1S/C23H32N4O3/c1-4-24-23(26-12-7-11-25-22(28)21-18(3)10-14-30-21)27-13-15-29-20(16-27)19-9-6-5-8-17(19)2/h5-6,8-10,14,20H,4,7,11-13,15-16H2,1-3H3,(H,24,26)(H,25,28). The monoisotopic (exact) mass is 412 g/mol. The molecule has 7 heteroatoms. The fraction of sp³-hybridized carbons (Fsp3) is 0.478. The van der Waals surface area contributed by atoms with Crippen LogP contribution in [0, 0.1) is 13.8 Å². The summed E-state index contributed by atoms with van der Waals surface area (Å²) in [5.74, 6) is 1.10. The summed E-state index contributed by atoms with van der Waals surface area (Å²) in [5, 5.41) is 6.28. The van der Waals surface area contributed by atoms with Crippen molar-refractivity contribution in [3.05, 3.63) is 59.0 Å². The van der Waals surface area contributed by atoms with E-state index in [9.17, 15) is 4.79 Å². The Balaban J connectivity index is 1.53. The van der Waals surface area contributed by atoms with Crippen molar-refractivity contribution in [2.45, 2.75) is 33.3 Å². The second kappa shape index (κ2) is 10.8. The quantitative estimate of drug-likeness (QED) is 0.415. The fourth-order valence-corrected chi connectivity index (χ4v) is 3.56. The van der Waals surface area contributed by atoms with Gasteiger partial charge in [0.2, 0.25) is 0 Å². The number of morpholine rings is 1. The summed E-state index contributed by atoms with van der Waals surface area (Å²) in [6.07, 6.45) is 2.33. The Labute approximate surface area is 178 Å². The molecule has 0 spiro atoms. The summed E-state index contributed by atoms with van der Waals surface area (Å²) in [4.78, 5) is 19.1. The number of carbonyl (C=O) groups is 1. The molecule has 1 aliphatic heterocycles. The molecule has 2 heterocycles. The number of rotatable bonds is 7. The predicted molar refractivity (Wildman–Crippen MR) is 118 cm³/mol. The van der Waals surface area contributed by atoms with E-state index in [0.29, 0.717) is 25.5 Å². The molecule has 1 amide bonds. The van der Waals surface area contributed by atoms with Gasteiger partial charge in [0.1, 0.15) is 6.10 Å². The number of nitrogens with zero attached hydrogens (tertiary/aromatic N) is 2. The minimum atomic E-state index is -0.178. The molecule has 1 atom stereocenters. The third-order valence-electron chi connectivity index (χ3n) is 5.19. The average Bonchev–Trinajstić information content (AvgIpc) is 3.19. The number of benzene rings is 1. The van der Waals surface area contributed by atoms with Crippen LogP contribution in [0.1, 0.15) is 46.7 Å². The van der Waals surface area contributed by atoms with Gasteiger partial charge in [-0.3, -0.25) is 9.79 Å². The van der Waals surface area contributed by atoms with Gasteiger partial charge in [-0.05, 0) is 44.4 Å². The molecule has 2 aromatic rings. The smallest absolute Gasteiger partial charge is 0.287 e. The van der Waals surface area contributed by atoms with Crippen LogP contribution in [0.5, 0.6) is 0 Å². The summed E-state index contributed by atoms with van der Waals surface area (Å²) in [7, 11) is 0. The third kappa shape index (κ3) is 5.63. The zero-order chi connectivity index (χ0) is 21.3. The van der Waals surface area contributed by atoms with Crippen molar-refractivity contribution in [1.82, 2.24) is 15.5 Å². The van der Waals surface area contributed by atoms with Gasteiger partial charge < -0.3 is 24.7 Å². The minimum Gasteiger partial charge on any atom is -0.459 e. The summed E-state index contributed by atoms with van der Waals surface area (Å²) in [6.45, 7) is 10.3. The molecule has 0 radical (unpaired) electrons. The largest absolute Gasteiger partial charge is 0.459 e. The number of ether oxygens (including phenoxy) is 1. The molecular weight excluding hydrogens is 380 g/mol. The molecule has 0 aliphatic carbocycles. The first-order valence-corrected chi connectivity index (χ1v) is 10.6. The lowest BCUT2D eigenvalue weighted by molar-refractivity contribution is -0.00832. The van der Waals surface area contributed by atoms with E-state index in [4.69, 9.17) is 14.1 Å². The first-order valence-electron chi connectivity index (χ1n) is 10.6. The normalized spacial score (nSPS) is 17.1. The van der Waals surface area contributed by atoms with Crippen molar-refractivity contribution in [2.24, 2.45) is 4.99 Å². The van der Waals surface area contributed by atoms with Crippen molar-refractivity contribution < 1.29 is 13.9 Å². The molecule has 1 saturated heterocycles. The Morgan fingerprint density at radius 3 is 2.77 bits per heavy atom. The van der Waals surface area contributed by atoms with Gasteiger partial charge in [0, 0.05) is 31.7 Å². The first-order chi connectivity index (χ1) is 14.6.